The van der Waals surface area contributed by atoms with Crippen LogP contribution in [0.25, 0.3) is 0 Å². The van der Waals surface area contributed by atoms with Crippen molar-refractivity contribution in [2.24, 2.45) is 11.8 Å². The summed E-state index contributed by atoms with van der Waals surface area (Å²) in [5.74, 6) is 1.13. The van der Waals surface area contributed by atoms with Crippen molar-refractivity contribution in [3.05, 3.63) is 71.7 Å². The third-order valence-corrected chi connectivity index (χ3v) is 7.50. The quantitative estimate of drug-likeness (QED) is 0.584. The van der Waals surface area contributed by atoms with Crippen molar-refractivity contribution < 1.29 is 17.9 Å². The van der Waals surface area contributed by atoms with Crippen molar-refractivity contribution >= 4 is 32.4 Å². The van der Waals surface area contributed by atoms with Crippen LogP contribution in [-0.2, 0) is 10.0 Å². The molecule has 1 fully saturated rings. The minimum atomic E-state index is -3.74. The van der Waals surface area contributed by atoms with E-state index in [9.17, 15) is 13.2 Å². The summed E-state index contributed by atoms with van der Waals surface area (Å²) in [7, 11) is -3.74. The van der Waals surface area contributed by atoms with E-state index in [0.29, 0.717) is 25.6 Å². The molecular formula is C22H23N3O4S2. The normalized spacial score (nSPS) is 18.7. The summed E-state index contributed by atoms with van der Waals surface area (Å²) in [4.78, 5) is 19.0. The number of ether oxygens (including phenoxy) is 1. The predicted molar refractivity (Wildman–Crippen MR) is 120 cm³/mol. The van der Waals surface area contributed by atoms with Crippen LogP contribution in [0.15, 0.2) is 70.9 Å². The van der Waals surface area contributed by atoms with Gasteiger partial charge in [0.15, 0.2) is 5.13 Å². The molecule has 1 saturated heterocycles. The highest BCUT2D eigenvalue weighted by molar-refractivity contribution is 7.93. The zero-order valence-electron chi connectivity index (χ0n) is 17.0. The summed E-state index contributed by atoms with van der Waals surface area (Å²) < 4.78 is 33.2. The first-order valence-electron chi connectivity index (χ1n) is 9.93. The number of carbonyl (C=O) groups excluding carboxylic acids is 1. The summed E-state index contributed by atoms with van der Waals surface area (Å²) in [6, 6.07) is 17.7. The molecule has 1 aliphatic heterocycles. The summed E-state index contributed by atoms with van der Waals surface area (Å²) in [5.41, 5.74) is 0.243. The van der Waals surface area contributed by atoms with Gasteiger partial charge in [-0.1, -0.05) is 43.3 Å². The average Bonchev–Trinajstić information content (AvgIpc) is 3.39. The summed E-state index contributed by atoms with van der Waals surface area (Å²) in [6.45, 7) is 3.83. The van der Waals surface area contributed by atoms with Gasteiger partial charge in [0.25, 0.3) is 15.9 Å². The highest BCUT2D eigenvalue weighted by Gasteiger charge is 2.34. The molecular weight excluding hydrogens is 434 g/mol. The predicted octanol–water partition coefficient (Wildman–Crippen LogP) is 3.73. The van der Waals surface area contributed by atoms with Crippen molar-refractivity contribution in [3.8, 4) is 5.75 Å². The van der Waals surface area contributed by atoms with Gasteiger partial charge < -0.3 is 9.64 Å². The number of rotatable bonds is 7. The van der Waals surface area contributed by atoms with E-state index >= 15 is 0 Å². The van der Waals surface area contributed by atoms with Gasteiger partial charge in [0, 0.05) is 24.4 Å². The van der Waals surface area contributed by atoms with Crippen molar-refractivity contribution in [2.45, 2.75) is 11.8 Å². The molecule has 2 atom stereocenters. The van der Waals surface area contributed by atoms with E-state index < -0.39 is 10.0 Å². The van der Waals surface area contributed by atoms with Crippen molar-refractivity contribution in [1.82, 2.24) is 9.88 Å². The number of thiazole rings is 1. The Labute approximate surface area is 185 Å². The zero-order chi connectivity index (χ0) is 21.8. The van der Waals surface area contributed by atoms with Crippen LogP contribution in [0.3, 0.4) is 0 Å². The first-order chi connectivity index (χ1) is 14.9. The number of hydrogen-bond donors (Lipinski definition) is 1. The Hall–Kier alpha value is -2.91. The lowest BCUT2D eigenvalue weighted by Crippen LogP contribution is -2.29. The molecule has 0 spiro atoms. The van der Waals surface area contributed by atoms with Crippen LogP contribution >= 0.6 is 11.3 Å². The van der Waals surface area contributed by atoms with Gasteiger partial charge in [-0.3, -0.25) is 9.52 Å². The molecule has 9 heteroatoms. The molecule has 1 N–H and O–H groups in total. The van der Waals surface area contributed by atoms with Crippen LogP contribution in [-0.4, -0.2) is 43.9 Å². The first-order valence-corrected chi connectivity index (χ1v) is 12.3. The van der Waals surface area contributed by atoms with Crippen LogP contribution in [0.5, 0.6) is 5.75 Å². The van der Waals surface area contributed by atoms with E-state index in [1.54, 1.807) is 28.5 Å². The standard InChI is InChI=1S/C22H23N3O4S2/c1-16-12-25(13-17(16)14-29-18-8-4-2-5-9-18)21(26)20-15-30-22(23-20)24-31(27,28)19-10-6-3-7-11-19/h2-11,15-17H,12-14H2,1H3,(H,23,24)/t16-,17+/m0/s1. The van der Waals surface area contributed by atoms with Crippen LogP contribution in [0.1, 0.15) is 17.4 Å². The highest BCUT2D eigenvalue weighted by Crippen LogP contribution is 2.27. The van der Waals surface area contributed by atoms with Gasteiger partial charge in [-0.15, -0.1) is 11.3 Å². The van der Waals surface area contributed by atoms with Crippen LogP contribution in [0.4, 0.5) is 5.13 Å². The molecule has 0 radical (unpaired) electrons. The molecule has 4 rings (SSSR count). The number of nitrogens with one attached hydrogen (secondary N) is 1. The first kappa shape index (κ1) is 21.3. The van der Waals surface area contributed by atoms with Crippen LogP contribution in [0.2, 0.25) is 0 Å². The van der Waals surface area contributed by atoms with E-state index in [1.165, 1.54) is 12.1 Å². The Morgan fingerprint density at radius 2 is 1.81 bits per heavy atom. The SMILES string of the molecule is C[C@H]1CN(C(=O)c2csc(NS(=O)(=O)c3ccccc3)n2)C[C@@H]1COc1ccccc1. The van der Waals surface area contributed by atoms with E-state index in [4.69, 9.17) is 4.74 Å². The molecule has 0 saturated carbocycles. The van der Waals surface area contributed by atoms with Gasteiger partial charge in [-0.25, -0.2) is 13.4 Å². The maximum Gasteiger partial charge on any atom is 0.273 e. The number of benzene rings is 2. The molecule has 1 amide bonds. The van der Waals surface area contributed by atoms with Crippen LogP contribution in [0, 0.1) is 11.8 Å². The third-order valence-electron chi connectivity index (χ3n) is 5.26. The van der Waals surface area contributed by atoms with E-state index in [1.807, 2.05) is 30.3 Å². The van der Waals surface area contributed by atoms with Crippen molar-refractivity contribution in [2.75, 3.05) is 24.4 Å². The van der Waals surface area contributed by atoms with E-state index in [2.05, 4.69) is 16.6 Å². The second-order valence-corrected chi connectivity index (χ2v) is 10.1. The smallest absolute Gasteiger partial charge is 0.273 e. The highest BCUT2D eigenvalue weighted by atomic mass is 32.2. The molecule has 0 bridgehead atoms. The van der Waals surface area contributed by atoms with Gasteiger partial charge >= 0.3 is 0 Å². The minimum Gasteiger partial charge on any atom is -0.493 e. The van der Waals surface area contributed by atoms with Gasteiger partial charge in [0.05, 0.1) is 11.5 Å². The number of amides is 1. The molecule has 1 aromatic heterocycles. The second kappa shape index (κ2) is 9.07. The fourth-order valence-corrected chi connectivity index (χ4v) is 5.45. The Morgan fingerprint density at radius 1 is 1.13 bits per heavy atom. The number of nitrogens with zero attached hydrogens (tertiary/aromatic N) is 2. The van der Waals surface area contributed by atoms with Gasteiger partial charge in [0.2, 0.25) is 0 Å². The average molecular weight is 458 g/mol. The second-order valence-electron chi connectivity index (χ2n) is 7.53. The summed E-state index contributed by atoms with van der Waals surface area (Å²) in [5, 5.41) is 1.76. The molecule has 1 aliphatic rings. The molecule has 2 aromatic carbocycles. The maximum atomic E-state index is 12.9. The molecule has 0 aliphatic carbocycles. The third kappa shape index (κ3) is 5.05. The lowest BCUT2D eigenvalue weighted by molar-refractivity contribution is 0.0776. The van der Waals surface area contributed by atoms with Gasteiger partial charge in [-0.05, 0) is 30.2 Å². The van der Waals surface area contributed by atoms with Gasteiger partial charge in [0.1, 0.15) is 11.4 Å². The monoisotopic (exact) mass is 457 g/mol. The number of anilines is 1. The fraction of sp³-hybridized carbons (Fsp3) is 0.273. The molecule has 0 unspecified atom stereocenters. The maximum absolute atomic E-state index is 12.9. The van der Waals surface area contributed by atoms with E-state index in [0.717, 1.165) is 17.1 Å². The lowest BCUT2D eigenvalue weighted by atomic mass is 9.99. The Kier molecular flexibility index (Phi) is 6.24. The topological polar surface area (TPSA) is 88.6 Å². The fourth-order valence-electron chi connectivity index (χ4n) is 3.49. The Balaban J connectivity index is 1.37. The molecule has 2 heterocycles. The van der Waals surface area contributed by atoms with Gasteiger partial charge in [-0.2, -0.15) is 0 Å². The molecule has 31 heavy (non-hydrogen) atoms. The number of likely N-dealkylation sites (tertiary alicyclic amines) is 1. The number of carbonyl (C=O) groups is 1. The van der Waals surface area contributed by atoms with Crippen molar-refractivity contribution in [3.63, 3.8) is 0 Å². The molecule has 7 nitrogen and oxygen atoms in total. The molecule has 162 valence electrons. The minimum absolute atomic E-state index is 0.146. The zero-order valence-corrected chi connectivity index (χ0v) is 18.6. The number of para-hydroxylation sites is 1. The van der Waals surface area contributed by atoms with E-state index in [-0.39, 0.29) is 27.5 Å². The summed E-state index contributed by atoms with van der Waals surface area (Å²) in [6.07, 6.45) is 0. The Bertz CT molecular complexity index is 1130. The Morgan fingerprint density at radius 3 is 2.52 bits per heavy atom. The number of aromatic nitrogens is 1. The van der Waals surface area contributed by atoms with Crippen LogP contribution < -0.4 is 9.46 Å². The van der Waals surface area contributed by atoms with Crippen molar-refractivity contribution in [1.29, 1.82) is 0 Å². The number of sulfonamides is 1. The molecule has 3 aromatic rings. The largest absolute Gasteiger partial charge is 0.493 e. The lowest BCUT2D eigenvalue weighted by Gasteiger charge is -2.16. The number of hydrogen-bond acceptors (Lipinski definition) is 6. The summed E-state index contributed by atoms with van der Waals surface area (Å²) >= 11 is 1.09.